The van der Waals surface area contributed by atoms with Crippen LogP contribution in [0.5, 0.6) is 0 Å². The van der Waals surface area contributed by atoms with E-state index in [1.165, 1.54) is 18.5 Å². The number of hydrogen-bond donors (Lipinski definition) is 1. The van der Waals surface area contributed by atoms with E-state index in [2.05, 4.69) is 25.8 Å². The van der Waals surface area contributed by atoms with E-state index in [9.17, 15) is 0 Å². The largest absolute Gasteiger partial charge is 0.494 e. The lowest BCUT2D eigenvalue weighted by molar-refractivity contribution is 0.0837. The minimum atomic E-state index is 0.504. The molecule has 0 aliphatic carbocycles. The number of ether oxygens (including phenoxy) is 1. The lowest BCUT2D eigenvalue weighted by Gasteiger charge is -2.36. The highest BCUT2D eigenvalue weighted by Gasteiger charge is 2.23. The topological polar surface area (TPSA) is 36.3 Å². The van der Waals surface area contributed by atoms with E-state index >= 15 is 0 Å². The first kappa shape index (κ1) is 12.1. The Morgan fingerprint density at radius 3 is 2.80 bits per heavy atom. The Hall–Kier alpha value is -0.990. The van der Waals surface area contributed by atoms with E-state index in [4.69, 9.17) is 10.1 Å². The summed E-state index contributed by atoms with van der Waals surface area (Å²) in [7, 11) is 2.12. The highest BCUT2D eigenvalue weighted by molar-refractivity contribution is 5.80. The highest BCUT2D eigenvalue weighted by Crippen LogP contribution is 2.24. The van der Waals surface area contributed by atoms with Crippen molar-refractivity contribution >= 4 is 5.71 Å². The molecule has 0 spiro atoms. The fourth-order valence-electron chi connectivity index (χ4n) is 1.91. The molecule has 0 radical (unpaired) electrons. The molecular formula is C12H22N2O. The van der Waals surface area contributed by atoms with Crippen molar-refractivity contribution in [2.24, 2.45) is 0 Å². The Bertz CT molecular complexity index is 271. The Kier molecular flexibility index (Phi) is 4.18. The fourth-order valence-corrected chi connectivity index (χ4v) is 1.91. The third-order valence-electron chi connectivity index (χ3n) is 2.98. The molecule has 3 heteroatoms. The van der Waals surface area contributed by atoms with Crippen LogP contribution in [0.15, 0.2) is 11.5 Å². The maximum atomic E-state index is 7.49. The molecule has 1 N–H and O–H groups in total. The van der Waals surface area contributed by atoms with Gasteiger partial charge in [-0.1, -0.05) is 13.3 Å². The lowest BCUT2D eigenvalue weighted by Crippen LogP contribution is -2.38. The average molecular weight is 210 g/mol. The molecule has 15 heavy (non-hydrogen) atoms. The van der Waals surface area contributed by atoms with E-state index < -0.39 is 0 Å². The zero-order chi connectivity index (χ0) is 11.4. The molecule has 0 saturated carbocycles. The Morgan fingerprint density at radius 1 is 1.60 bits per heavy atom. The molecule has 0 bridgehead atoms. The van der Waals surface area contributed by atoms with Crippen LogP contribution in [0, 0.1) is 5.41 Å². The Balaban J connectivity index is 2.71. The van der Waals surface area contributed by atoms with Gasteiger partial charge in [0.25, 0.3) is 0 Å². The lowest BCUT2D eigenvalue weighted by atomic mass is 10.1. The molecule has 1 rings (SSSR count). The van der Waals surface area contributed by atoms with Crippen molar-refractivity contribution in [2.75, 3.05) is 13.7 Å². The van der Waals surface area contributed by atoms with E-state index in [0.29, 0.717) is 18.2 Å². The predicted molar refractivity (Wildman–Crippen MR) is 63.1 cm³/mol. The normalized spacial score (nSPS) is 21.6. The summed E-state index contributed by atoms with van der Waals surface area (Å²) in [5, 5.41) is 7.49. The van der Waals surface area contributed by atoms with Gasteiger partial charge >= 0.3 is 0 Å². The first-order valence-corrected chi connectivity index (χ1v) is 5.65. The zero-order valence-electron chi connectivity index (χ0n) is 10.3. The van der Waals surface area contributed by atoms with Crippen LogP contribution in [0.4, 0.5) is 0 Å². The van der Waals surface area contributed by atoms with Gasteiger partial charge in [-0.25, -0.2) is 0 Å². The van der Waals surface area contributed by atoms with Gasteiger partial charge in [-0.15, -0.1) is 0 Å². The molecule has 1 unspecified atom stereocenters. The van der Waals surface area contributed by atoms with Crippen LogP contribution in [-0.2, 0) is 4.74 Å². The van der Waals surface area contributed by atoms with Crippen LogP contribution in [0.1, 0.15) is 40.0 Å². The quantitative estimate of drug-likeness (QED) is 0.724. The fraction of sp³-hybridized carbons (Fsp3) is 0.750. The Morgan fingerprint density at radius 2 is 2.27 bits per heavy atom. The molecule has 0 fully saturated rings. The summed E-state index contributed by atoms with van der Waals surface area (Å²) in [5.74, 6) is 0.970. The number of hydrogen-bond acceptors (Lipinski definition) is 3. The third kappa shape index (κ3) is 2.98. The van der Waals surface area contributed by atoms with Crippen molar-refractivity contribution in [3.63, 3.8) is 0 Å². The minimum absolute atomic E-state index is 0.504. The molecule has 1 aliphatic rings. The van der Waals surface area contributed by atoms with Gasteiger partial charge in [0.05, 0.1) is 6.04 Å². The second kappa shape index (κ2) is 5.19. The SMILES string of the molecule is CCCC1COC(CC(C)=N)=C(C)N1C. The molecule has 0 aromatic rings. The Labute approximate surface area is 92.6 Å². The number of allylic oxidation sites excluding steroid dienone is 2. The zero-order valence-corrected chi connectivity index (χ0v) is 10.3. The second-order valence-electron chi connectivity index (χ2n) is 4.33. The van der Waals surface area contributed by atoms with E-state index in [-0.39, 0.29) is 0 Å². The molecule has 0 saturated heterocycles. The molecule has 86 valence electrons. The van der Waals surface area contributed by atoms with Crippen molar-refractivity contribution in [1.29, 1.82) is 5.41 Å². The smallest absolute Gasteiger partial charge is 0.120 e. The van der Waals surface area contributed by atoms with Gasteiger partial charge in [0.1, 0.15) is 12.4 Å². The molecule has 0 amide bonds. The summed E-state index contributed by atoms with van der Waals surface area (Å²) in [6, 6.07) is 0.504. The van der Waals surface area contributed by atoms with Gasteiger partial charge in [0.2, 0.25) is 0 Å². The van der Waals surface area contributed by atoms with Crippen molar-refractivity contribution in [3.05, 3.63) is 11.5 Å². The summed E-state index contributed by atoms with van der Waals surface area (Å²) in [5.41, 5.74) is 1.85. The first-order valence-electron chi connectivity index (χ1n) is 5.65. The maximum absolute atomic E-state index is 7.49. The van der Waals surface area contributed by atoms with Crippen LogP contribution in [0.2, 0.25) is 0 Å². The molecule has 1 aliphatic heterocycles. The van der Waals surface area contributed by atoms with Gasteiger partial charge in [-0.3, -0.25) is 0 Å². The van der Waals surface area contributed by atoms with Crippen LogP contribution in [-0.4, -0.2) is 30.3 Å². The number of rotatable bonds is 4. The second-order valence-corrected chi connectivity index (χ2v) is 4.33. The van der Waals surface area contributed by atoms with Crippen LogP contribution < -0.4 is 0 Å². The summed E-state index contributed by atoms with van der Waals surface area (Å²) in [6.45, 7) is 6.87. The molecule has 3 nitrogen and oxygen atoms in total. The standard InChI is InChI=1S/C12H22N2O/c1-5-6-11-8-15-12(7-9(2)13)10(3)14(11)4/h11,13H,5-8H2,1-4H3. The van der Waals surface area contributed by atoms with Crippen LogP contribution in [0.25, 0.3) is 0 Å². The number of nitrogens with one attached hydrogen (secondary N) is 1. The molecular weight excluding hydrogens is 188 g/mol. The van der Waals surface area contributed by atoms with Crippen molar-refractivity contribution < 1.29 is 4.74 Å². The van der Waals surface area contributed by atoms with Crippen molar-refractivity contribution in [1.82, 2.24) is 4.90 Å². The van der Waals surface area contributed by atoms with E-state index in [0.717, 1.165) is 12.4 Å². The summed E-state index contributed by atoms with van der Waals surface area (Å²) < 4.78 is 5.73. The third-order valence-corrected chi connectivity index (χ3v) is 2.98. The van der Waals surface area contributed by atoms with Gasteiger partial charge < -0.3 is 15.0 Å². The predicted octanol–water partition coefficient (Wildman–Crippen LogP) is 2.78. The van der Waals surface area contributed by atoms with Gasteiger partial charge in [-0.2, -0.15) is 0 Å². The van der Waals surface area contributed by atoms with Crippen molar-refractivity contribution in [3.8, 4) is 0 Å². The highest BCUT2D eigenvalue weighted by atomic mass is 16.5. The summed E-state index contributed by atoms with van der Waals surface area (Å²) in [4.78, 5) is 2.30. The van der Waals surface area contributed by atoms with Crippen LogP contribution >= 0.6 is 0 Å². The van der Waals surface area contributed by atoms with Gasteiger partial charge in [0, 0.05) is 24.9 Å². The van der Waals surface area contributed by atoms with Crippen molar-refractivity contribution in [2.45, 2.75) is 46.1 Å². The van der Waals surface area contributed by atoms with Gasteiger partial charge in [0.15, 0.2) is 0 Å². The first-order chi connectivity index (χ1) is 7.06. The van der Waals surface area contributed by atoms with E-state index in [1.54, 1.807) is 0 Å². The maximum Gasteiger partial charge on any atom is 0.120 e. The van der Waals surface area contributed by atoms with Gasteiger partial charge in [-0.05, 0) is 20.3 Å². The molecule has 0 aromatic carbocycles. The molecule has 0 aromatic heterocycles. The van der Waals surface area contributed by atoms with E-state index in [1.807, 2.05) is 6.92 Å². The number of nitrogens with zero attached hydrogens (tertiary/aromatic N) is 1. The monoisotopic (exact) mass is 210 g/mol. The molecule has 1 heterocycles. The summed E-state index contributed by atoms with van der Waals surface area (Å²) in [6.07, 6.45) is 3.00. The molecule has 1 atom stereocenters. The minimum Gasteiger partial charge on any atom is -0.494 e. The average Bonchev–Trinajstić information content (AvgIpc) is 2.17. The summed E-state index contributed by atoms with van der Waals surface area (Å²) >= 11 is 0. The number of likely N-dealkylation sites (N-methyl/N-ethyl adjacent to an activating group) is 1. The van der Waals surface area contributed by atoms with Crippen LogP contribution in [0.3, 0.4) is 0 Å².